The smallest absolute Gasteiger partial charge is 0.133 e. The van der Waals surface area contributed by atoms with E-state index in [1.807, 2.05) is 30.3 Å². The number of hydrogen-bond acceptors (Lipinski definition) is 1. The van der Waals surface area contributed by atoms with E-state index in [1.165, 1.54) is 0 Å². The molecule has 0 aliphatic carbocycles. The van der Waals surface area contributed by atoms with Crippen LogP contribution in [-0.4, -0.2) is 0 Å². The molecule has 0 spiro atoms. The van der Waals surface area contributed by atoms with Gasteiger partial charge in [-0.2, -0.15) is 0 Å². The molecule has 0 atom stereocenters. The van der Waals surface area contributed by atoms with E-state index in [2.05, 4.69) is 6.58 Å². The van der Waals surface area contributed by atoms with Gasteiger partial charge < -0.3 is 4.42 Å². The molecule has 2 rings (SSSR count). The second kappa shape index (κ2) is 2.27. The van der Waals surface area contributed by atoms with Gasteiger partial charge in [0.15, 0.2) is 0 Å². The van der Waals surface area contributed by atoms with Gasteiger partial charge in [-0.05, 0) is 23.8 Å². The van der Waals surface area contributed by atoms with Crippen LogP contribution in [0, 0.1) is 0 Å². The van der Waals surface area contributed by atoms with Crippen LogP contribution in [0.25, 0.3) is 17.0 Å². The predicted molar refractivity (Wildman–Crippen MR) is 46.3 cm³/mol. The monoisotopic (exact) mass is 144 g/mol. The van der Waals surface area contributed by atoms with E-state index in [0.717, 1.165) is 16.5 Å². The summed E-state index contributed by atoms with van der Waals surface area (Å²) in [5.74, 6) is 0. The molecule has 0 aliphatic rings. The van der Waals surface area contributed by atoms with Crippen molar-refractivity contribution >= 4 is 17.0 Å². The lowest BCUT2D eigenvalue weighted by atomic mass is 10.2. The first-order valence-electron chi connectivity index (χ1n) is 3.50. The Bertz CT molecular complexity index is 384. The molecule has 1 nitrogen and oxygen atoms in total. The molecule has 0 unspecified atom stereocenters. The number of furan rings is 1. The molecular formula is C10H8O. The molecular weight excluding hydrogens is 136 g/mol. The third-order valence-corrected chi connectivity index (χ3v) is 1.71. The third-order valence-electron chi connectivity index (χ3n) is 1.71. The van der Waals surface area contributed by atoms with Gasteiger partial charge in [0, 0.05) is 5.39 Å². The normalized spacial score (nSPS) is 10.2. The summed E-state index contributed by atoms with van der Waals surface area (Å²) in [7, 11) is 0. The largest absolute Gasteiger partial charge is 0.464 e. The van der Waals surface area contributed by atoms with Crippen LogP contribution in [0.1, 0.15) is 5.56 Å². The van der Waals surface area contributed by atoms with E-state index < -0.39 is 0 Å². The van der Waals surface area contributed by atoms with Crippen LogP contribution in [-0.2, 0) is 0 Å². The molecule has 11 heavy (non-hydrogen) atoms. The van der Waals surface area contributed by atoms with Crippen molar-refractivity contribution < 1.29 is 4.42 Å². The SMILES string of the molecule is C=Cc1ccc2occc2c1. The van der Waals surface area contributed by atoms with Crippen LogP contribution in [0.3, 0.4) is 0 Å². The Balaban J connectivity index is 2.76. The van der Waals surface area contributed by atoms with Crippen molar-refractivity contribution in [2.24, 2.45) is 0 Å². The van der Waals surface area contributed by atoms with Gasteiger partial charge in [-0.1, -0.05) is 18.7 Å². The van der Waals surface area contributed by atoms with Crippen LogP contribution < -0.4 is 0 Å². The number of hydrogen-bond donors (Lipinski definition) is 0. The lowest BCUT2D eigenvalue weighted by Gasteiger charge is -1.90. The quantitative estimate of drug-likeness (QED) is 0.599. The van der Waals surface area contributed by atoms with E-state index in [-0.39, 0.29) is 0 Å². The lowest BCUT2D eigenvalue weighted by Crippen LogP contribution is -1.68. The highest BCUT2D eigenvalue weighted by Crippen LogP contribution is 2.17. The predicted octanol–water partition coefficient (Wildman–Crippen LogP) is 3.08. The zero-order chi connectivity index (χ0) is 7.68. The Morgan fingerprint density at radius 2 is 2.18 bits per heavy atom. The summed E-state index contributed by atoms with van der Waals surface area (Å²) >= 11 is 0. The fourth-order valence-corrected chi connectivity index (χ4v) is 1.11. The van der Waals surface area contributed by atoms with Gasteiger partial charge in [0.2, 0.25) is 0 Å². The molecule has 0 N–H and O–H groups in total. The van der Waals surface area contributed by atoms with Crippen LogP contribution in [0.15, 0.2) is 41.5 Å². The van der Waals surface area contributed by atoms with Crippen LogP contribution in [0.4, 0.5) is 0 Å². The maximum Gasteiger partial charge on any atom is 0.133 e. The highest BCUT2D eigenvalue weighted by molar-refractivity contribution is 5.79. The molecule has 1 aromatic carbocycles. The average molecular weight is 144 g/mol. The molecule has 1 heterocycles. The first-order valence-corrected chi connectivity index (χ1v) is 3.50. The van der Waals surface area contributed by atoms with E-state index in [0.29, 0.717) is 0 Å². The summed E-state index contributed by atoms with van der Waals surface area (Å²) in [5, 5.41) is 1.13. The molecule has 0 amide bonds. The molecule has 2 aromatic rings. The van der Waals surface area contributed by atoms with Crippen molar-refractivity contribution in [1.29, 1.82) is 0 Å². The maximum absolute atomic E-state index is 5.18. The third kappa shape index (κ3) is 0.944. The molecule has 0 bridgehead atoms. The van der Waals surface area contributed by atoms with Crippen molar-refractivity contribution in [3.05, 3.63) is 42.7 Å². The first kappa shape index (κ1) is 6.23. The molecule has 0 fully saturated rings. The van der Waals surface area contributed by atoms with Crippen molar-refractivity contribution in [3.8, 4) is 0 Å². The highest BCUT2D eigenvalue weighted by Gasteiger charge is 1.94. The van der Waals surface area contributed by atoms with Gasteiger partial charge in [0.25, 0.3) is 0 Å². The highest BCUT2D eigenvalue weighted by atomic mass is 16.3. The standard InChI is InChI=1S/C10H8O/c1-2-8-3-4-10-9(7-8)5-6-11-10/h2-7H,1H2. The van der Waals surface area contributed by atoms with Crippen molar-refractivity contribution in [1.82, 2.24) is 0 Å². The fourth-order valence-electron chi connectivity index (χ4n) is 1.11. The maximum atomic E-state index is 5.18. The summed E-state index contributed by atoms with van der Waals surface area (Å²) in [6.07, 6.45) is 3.52. The van der Waals surface area contributed by atoms with Crippen LogP contribution in [0.5, 0.6) is 0 Å². The topological polar surface area (TPSA) is 13.1 Å². The minimum Gasteiger partial charge on any atom is -0.464 e. The molecule has 0 radical (unpaired) electrons. The van der Waals surface area contributed by atoms with Crippen molar-refractivity contribution in [2.45, 2.75) is 0 Å². The Morgan fingerprint density at radius 3 is 3.00 bits per heavy atom. The van der Waals surface area contributed by atoms with Crippen molar-refractivity contribution in [3.63, 3.8) is 0 Å². The van der Waals surface area contributed by atoms with Gasteiger partial charge in [0.1, 0.15) is 5.58 Å². The van der Waals surface area contributed by atoms with Crippen molar-refractivity contribution in [2.75, 3.05) is 0 Å². The molecule has 54 valence electrons. The molecule has 0 saturated heterocycles. The van der Waals surface area contributed by atoms with E-state index in [1.54, 1.807) is 6.26 Å². The van der Waals surface area contributed by atoms with Gasteiger partial charge >= 0.3 is 0 Å². The molecule has 0 saturated carbocycles. The van der Waals surface area contributed by atoms with E-state index >= 15 is 0 Å². The zero-order valence-electron chi connectivity index (χ0n) is 6.08. The number of fused-ring (bicyclic) bond motifs is 1. The van der Waals surface area contributed by atoms with Crippen LogP contribution >= 0.6 is 0 Å². The summed E-state index contributed by atoms with van der Waals surface area (Å²) < 4.78 is 5.18. The minimum atomic E-state index is 0.926. The van der Waals surface area contributed by atoms with E-state index in [4.69, 9.17) is 4.42 Å². The Labute approximate surface area is 64.9 Å². The van der Waals surface area contributed by atoms with Gasteiger partial charge in [-0.3, -0.25) is 0 Å². The minimum absolute atomic E-state index is 0.926. The number of benzene rings is 1. The molecule has 1 aromatic heterocycles. The lowest BCUT2D eigenvalue weighted by molar-refractivity contribution is 0.616. The molecule has 0 aliphatic heterocycles. The van der Waals surface area contributed by atoms with Gasteiger partial charge in [-0.25, -0.2) is 0 Å². The zero-order valence-corrected chi connectivity index (χ0v) is 6.08. The van der Waals surface area contributed by atoms with E-state index in [9.17, 15) is 0 Å². The first-order chi connectivity index (χ1) is 5.40. The van der Waals surface area contributed by atoms with Gasteiger partial charge in [0.05, 0.1) is 6.26 Å². The summed E-state index contributed by atoms with van der Waals surface area (Å²) in [5.41, 5.74) is 2.05. The summed E-state index contributed by atoms with van der Waals surface area (Å²) in [6.45, 7) is 3.69. The second-order valence-corrected chi connectivity index (χ2v) is 2.42. The van der Waals surface area contributed by atoms with Crippen LogP contribution in [0.2, 0.25) is 0 Å². The van der Waals surface area contributed by atoms with Gasteiger partial charge in [-0.15, -0.1) is 0 Å². The Hall–Kier alpha value is -1.50. The summed E-state index contributed by atoms with van der Waals surface area (Å²) in [6, 6.07) is 7.93. The Kier molecular flexibility index (Phi) is 1.29. The average Bonchev–Trinajstić information content (AvgIpc) is 2.50. The number of rotatable bonds is 1. The fraction of sp³-hybridized carbons (Fsp3) is 0. The Morgan fingerprint density at radius 1 is 1.27 bits per heavy atom. The second-order valence-electron chi connectivity index (χ2n) is 2.42. The summed E-state index contributed by atoms with van der Waals surface area (Å²) in [4.78, 5) is 0. The molecule has 1 heteroatoms.